The molecule has 0 atom stereocenters. The lowest BCUT2D eigenvalue weighted by Crippen LogP contribution is -2.35. The topological polar surface area (TPSA) is 57.6 Å². The van der Waals surface area contributed by atoms with Crippen molar-refractivity contribution in [2.45, 2.75) is 26.2 Å². The molecule has 2 rings (SSSR count). The van der Waals surface area contributed by atoms with Gasteiger partial charge in [-0.3, -0.25) is 9.59 Å². The number of thiophene rings is 1. The Bertz CT molecular complexity index is 431. The molecule has 0 unspecified atom stereocenters. The fourth-order valence-electron chi connectivity index (χ4n) is 2.08. The Morgan fingerprint density at radius 3 is 2.82 bits per heavy atom. The van der Waals surface area contributed by atoms with E-state index in [1.54, 1.807) is 6.92 Å². The number of fused-ring (bicyclic) bond motifs is 1. The standard InChI is InChI=1S/C12H15NO3S/c1-2-13(7-11(14)15)12(16)10-6-8-4-3-5-9(8)17-10/h6H,2-5,7H2,1H3,(H,14,15). The molecular weight excluding hydrogens is 238 g/mol. The normalized spacial score (nSPS) is 13.5. The van der Waals surface area contributed by atoms with E-state index in [1.165, 1.54) is 33.1 Å². The van der Waals surface area contributed by atoms with Gasteiger partial charge < -0.3 is 10.0 Å². The molecule has 0 aromatic carbocycles. The summed E-state index contributed by atoms with van der Waals surface area (Å²) in [5.74, 6) is -1.13. The van der Waals surface area contributed by atoms with Crippen LogP contribution < -0.4 is 0 Å². The Kier molecular flexibility index (Phi) is 3.47. The maximum Gasteiger partial charge on any atom is 0.323 e. The molecule has 0 spiro atoms. The number of hydrogen-bond acceptors (Lipinski definition) is 3. The van der Waals surface area contributed by atoms with Crippen LogP contribution in [-0.4, -0.2) is 35.0 Å². The summed E-state index contributed by atoms with van der Waals surface area (Å²) < 4.78 is 0. The van der Waals surface area contributed by atoms with E-state index >= 15 is 0 Å². The number of aryl methyl sites for hydroxylation is 2. The number of amides is 1. The van der Waals surface area contributed by atoms with Gasteiger partial charge in [0.2, 0.25) is 0 Å². The molecule has 92 valence electrons. The summed E-state index contributed by atoms with van der Waals surface area (Å²) in [5.41, 5.74) is 1.27. The average Bonchev–Trinajstić information content (AvgIpc) is 2.84. The highest BCUT2D eigenvalue weighted by molar-refractivity contribution is 7.14. The van der Waals surface area contributed by atoms with Gasteiger partial charge in [-0.1, -0.05) is 0 Å². The first kappa shape index (κ1) is 12.1. The van der Waals surface area contributed by atoms with E-state index in [2.05, 4.69) is 0 Å². The summed E-state index contributed by atoms with van der Waals surface area (Å²) in [6.07, 6.45) is 3.27. The molecule has 5 heteroatoms. The van der Waals surface area contributed by atoms with Crippen LogP contribution in [0, 0.1) is 0 Å². The molecule has 1 aliphatic rings. The van der Waals surface area contributed by atoms with E-state index in [1.807, 2.05) is 6.07 Å². The molecule has 1 heterocycles. The first-order valence-corrected chi connectivity index (χ1v) is 6.56. The summed E-state index contributed by atoms with van der Waals surface area (Å²) in [6.45, 7) is 1.99. The minimum Gasteiger partial charge on any atom is -0.480 e. The predicted octanol–water partition coefficient (Wildman–Crippen LogP) is 1.78. The Morgan fingerprint density at radius 2 is 2.24 bits per heavy atom. The Balaban J connectivity index is 2.14. The molecule has 1 aromatic rings. The summed E-state index contributed by atoms with van der Waals surface area (Å²) in [4.78, 5) is 26.1. The van der Waals surface area contributed by atoms with Gasteiger partial charge in [0, 0.05) is 11.4 Å². The number of rotatable bonds is 4. The Labute approximate surface area is 104 Å². The highest BCUT2D eigenvalue weighted by Crippen LogP contribution is 2.31. The number of carbonyl (C=O) groups is 2. The minimum atomic E-state index is -0.968. The number of likely N-dealkylation sites (N-methyl/N-ethyl adjacent to an activating group) is 1. The molecule has 0 aliphatic heterocycles. The second kappa shape index (κ2) is 4.87. The maximum absolute atomic E-state index is 12.1. The summed E-state index contributed by atoms with van der Waals surface area (Å²) in [5, 5.41) is 8.74. The van der Waals surface area contributed by atoms with E-state index < -0.39 is 5.97 Å². The minimum absolute atomic E-state index is 0.158. The third kappa shape index (κ3) is 2.49. The zero-order chi connectivity index (χ0) is 12.4. The summed E-state index contributed by atoms with van der Waals surface area (Å²) in [6, 6.07) is 1.93. The largest absolute Gasteiger partial charge is 0.480 e. The first-order chi connectivity index (χ1) is 8.11. The van der Waals surface area contributed by atoms with Crippen molar-refractivity contribution in [3.63, 3.8) is 0 Å². The molecule has 1 aromatic heterocycles. The summed E-state index contributed by atoms with van der Waals surface area (Å²) >= 11 is 1.52. The van der Waals surface area contributed by atoms with Crippen molar-refractivity contribution in [1.29, 1.82) is 0 Å². The van der Waals surface area contributed by atoms with Crippen molar-refractivity contribution in [2.75, 3.05) is 13.1 Å². The molecule has 0 radical (unpaired) electrons. The van der Waals surface area contributed by atoms with Crippen molar-refractivity contribution in [1.82, 2.24) is 4.90 Å². The quantitative estimate of drug-likeness (QED) is 0.890. The lowest BCUT2D eigenvalue weighted by atomic mass is 10.2. The second-order valence-electron chi connectivity index (χ2n) is 4.13. The third-order valence-corrected chi connectivity index (χ3v) is 4.18. The molecule has 4 nitrogen and oxygen atoms in total. The van der Waals surface area contributed by atoms with E-state index in [0.717, 1.165) is 12.8 Å². The lowest BCUT2D eigenvalue weighted by molar-refractivity contribution is -0.137. The SMILES string of the molecule is CCN(CC(=O)O)C(=O)c1cc2c(s1)CCC2. The molecule has 0 fully saturated rings. The van der Waals surface area contributed by atoms with Gasteiger partial charge >= 0.3 is 5.97 Å². The van der Waals surface area contributed by atoms with E-state index in [-0.39, 0.29) is 12.5 Å². The van der Waals surface area contributed by atoms with Crippen molar-refractivity contribution in [3.05, 3.63) is 21.4 Å². The number of hydrogen-bond donors (Lipinski definition) is 1. The van der Waals surface area contributed by atoms with Gasteiger partial charge in [-0.05, 0) is 37.8 Å². The van der Waals surface area contributed by atoms with Crippen LogP contribution in [0.25, 0.3) is 0 Å². The van der Waals surface area contributed by atoms with Gasteiger partial charge in [-0.25, -0.2) is 0 Å². The zero-order valence-electron chi connectivity index (χ0n) is 9.73. The van der Waals surface area contributed by atoms with Gasteiger partial charge in [-0.2, -0.15) is 0 Å². The monoisotopic (exact) mass is 253 g/mol. The highest BCUT2D eigenvalue weighted by atomic mass is 32.1. The molecule has 0 saturated heterocycles. The molecule has 1 N–H and O–H groups in total. The Hall–Kier alpha value is -1.36. The average molecular weight is 253 g/mol. The smallest absolute Gasteiger partial charge is 0.323 e. The number of carboxylic acids is 1. The van der Waals surface area contributed by atoms with Gasteiger partial charge in [0.15, 0.2) is 0 Å². The van der Waals surface area contributed by atoms with Crippen LogP contribution >= 0.6 is 11.3 Å². The molecule has 1 aliphatic carbocycles. The number of aliphatic carboxylic acids is 1. The predicted molar refractivity (Wildman–Crippen MR) is 65.6 cm³/mol. The number of carbonyl (C=O) groups excluding carboxylic acids is 1. The highest BCUT2D eigenvalue weighted by Gasteiger charge is 2.22. The number of nitrogens with zero attached hydrogens (tertiary/aromatic N) is 1. The fraction of sp³-hybridized carbons (Fsp3) is 0.500. The van der Waals surface area contributed by atoms with Crippen LogP contribution in [0.1, 0.15) is 33.5 Å². The molecular formula is C12H15NO3S. The first-order valence-electron chi connectivity index (χ1n) is 5.74. The lowest BCUT2D eigenvalue weighted by Gasteiger charge is -2.17. The van der Waals surface area contributed by atoms with Crippen LogP contribution in [-0.2, 0) is 17.6 Å². The van der Waals surface area contributed by atoms with Crippen LogP contribution in [0.5, 0.6) is 0 Å². The van der Waals surface area contributed by atoms with Gasteiger partial charge in [0.25, 0.3) is 5.91 Å². The molecule has 0 bridgehead atoms. The van der Waals surface area contributed by atoms with Gasteiger partial charge in [-0.15, -0.1) is 11.3 Å². The van der Waals surface area contributed by atoms with Crippen molar-refractivity contribution >= 4 is 23.2 Å². The maximum atomic E-state index is 12.1. The summed E-state index contributed by atoms with van der Waals surface area (Å²) in [7, 11) is 0. The molecule has 17 heavy (non-hydrogen) atoms. The van der Waals surface area contributed by atoms with E-state index in [9.17, 15) is 9.59 Å². The van der Waals surface area contributed by atoms with Gasteiger partial charge in [0.05, 0.1) is 4.88 Å². The molecule has 0 saturated carbocycles. The Morgan fingerprint density at radius 1 is 1.47 bits per heavy atom. The van der Waals surface area contributed by atoms with Crippen LogP contribution in [0.2, 0.25) is 0 Å². The molecule has 1 amide bonds. The van der Waals surface area contributed by atoms with Gasteiger partial charge in [0.1, 0.15) is 6.54 Å². The van der Waals surface area contributed by atoms with E-state index in [0.29, 0.717) is 11.4 Å². The van der Waals surface area contributed by atoms with Crippen molar-refractivity contribution in [2.24, 2.45) is 0 Å². The fourth-order valence-corrected chi connectivity index (χ4v) is 3.30. The van der Waals surface area contributed by atoms with Crippen molar-refractivity contribution < 1.29 is 14.7 Å². The van der Waals surface area contributed by atoms with Crippen LogP contribution in [0.3, 0.4) is 0 Å². The second-order valence-corrected chi connectivity index (χ2v) is 5.26. The van der Waals surface area contributed by atoms with E-state index in [4.69, 9.17) is 5.11 Å². The third-order valence-electron chi connectivity index (χ3n) is 2.95. The van der Waals surface area contributed by atoms with Crippen LogP contribution in [0.15, 0.2) is 6.07 Å². The zero-order valence-corrected chi connectivity index (χ0v) is 10.5. The van der Waals surface area contributed by atoms with Crippen molar-refractivity contribution in [3.8, 4) is 0 Å². The van der Waals surface area contributed by atoms with Crippen LogP contribution in [0.4, 0.5) is 0 Å². The number of carboxylic acid groups (broad SMARTS) is 1.